The van der Waals surface area contributed by atoms with Crippen molar-refractivity contribution in [1.29, 1.82) is 0 Å². The van der Waals surface area contributed by atoms with Gasteiger partial charge in [0.2, 0.25) is 0 Å². The van der Waals surface area contributed by atoms with E-state index in [2.05, 4.69) is 10.3 Å². The van der Waals surface area contributed by atoms with Gasteiger partial charge in [0.15, 0.2) is 0 Å². The summed E-state index contributed by atoms with van der Waals surface area (Å²) in [7, 11) is 0. The second-order valence-electron chi connectivity index (χ2n) is 4.11. The first-order chi connectivity index (χ1) is 8.25. The second-order valence-corrected chi connectivity index (χ2v) is 4.11. The molecule has 2 heterocycles. The Kier molecular flexibility index (Phi) is 4.06. The minimum Gasteiger partial charge on any atom is -0.478 e. The Labute approximate surface area is 99.8 Å². The summed E-state index contributed by atoms with van der Waals surface area (Å²) in [6, 6.07) is 3.80. The van der Waals surface area contributed by atoms with Crippen molar-refractivity contribution in [2.45, 2.75) is 25.4 Å². The molecule has 0 aliphatic carbocycles. The number of ether oxygens (including phenoxy) is 1. The average molecular weight is 236 g/mol. The number of carboxylic acids is 1. The Morgan fingerprint density at radius 3 is 2.82 bits per heavy atom. The topological polar surface area (TPSA) is 71.5 Å². The molecule has 17 heavy (non-hydrogen) atoms. The van der Waals surface area contributed by atoms with E-state index in [1.807, 2.05) is 0 Å². The smallest absolute Gasteiger partial charge is 0.337 e. The van der Waals surface area contributed by atoms with E-state index in [1.165, 1.54) is 6.20 Å². The predicted octanol–water partition coefficient (Wildman–Crippen LogP) is 1.05. The van der Waals surface area contributed by atoms with Gasteiger partial charge in [0, 0.05) is 32.0 Å². The maximum absolute atomic E-state index is 10.6. The van der Waals surface area contributed by atoms with Gasteiger partial charge in [0.05, 0.1) is 11.3 Å². The summed E-state index contributed by atoms with van der Waals surface area (Å²) in [4.78, 5) is 14.8. The molecule has 1 saturated heterocycles. The highest BCUT2D eigenvalue weighted by Crippen LogP contribution is 2.07. The monoisotopic (exact) mass is 236 g/mol. The number of carbonyl (C=O) groups is 1. The summed E-state index contributed by atoms with van der Waals surface area (Å²) < 4.78 is 5.27. The van der Waals surface area contributed by atoms with Crippen LogP contribution in [0, 0.1) is 0 Å². The Balaban J connectivity index is 1.84. The standard InChI is InChI=1S/C12H16N2O3/c15-12(16)9-1-2-11(13-7-9)8-14-10-3-5-17-6-4-10/h1-2,7,10,14H,3-6,8H2,(H,15,16). The van der Waals surface area contributed by atoms with Crippen molar-refractivity contribution >= 4 is 5.97 Å². The van der Waals surface area contributed by atoms with E-state index in [1.54, 1.807) is 12.1 Å². The van der Waals surface area contributed by atoms with Gasteiger partial charge in [-0.05, 0) is 25.0 Å². The molecule has 1 aromatic rings. The molecule has 2 rings (SSSR count). The molecule has 0 bridgehead atoms. The Morgan fingerprint density at radius 2 is 2.24 bits per heavy atom. The molecule has 1 aromatic heterocycles. The fourth-order valence-electron chi connectivity index (χ4n) is 1.81. The fraction of sp³-hybridized carbons (Fsp3) is 0.500. The Hall–Kier alpha value is -1.46. The van der Waals surface area contributed by atoms with Crippen LogP contribution in [0.5, 0.6) is 0 Å². The van der Waals surface area contributed by atoms with Gasteiger partial charge in [-0.3, -0.25) is 4.98 Å². The molecular formula is C12H16N2O3. The zero-order valence-corrected chi connectivity index (χ0v) is 9.56. The third kappa shape index (κ3) is 3.51. The van der Waals surface area contributed by atoms with E-state index in [0.717, 1.165) is 31.7 Å². The summed E-state index contributed by atoms with van der Waals surface area (Å²) in [5.74, 6) is -0.943. The highest BCUT2D eigenvalue weighted by molar-refractivity contribution is 5.87. The van der Waals surface area contributed by atoms with E-state index in [0.29, 0.717) is 12.6 Å². The number of aromatic carboxylic acids is 1. The Morgan fingerprint density at radius 1 is 1.47 bits per heavy atom. The minimum atomic E-state index is -0.943. The number of carboxylic acid groups (broad SMARTS) is 1. The van der Waals surface area contributed by atoms with Gasteiger partial charge in [0.1, 0.15) is 0 Å². The van der Waals surface area contributed by atoms with Crippen LogP contribution in [0.15, 0.2) is 18.3 Å². The number of nitrogens with one attached hydrogen (secondary N) is 1. The van der Waals surface area contributed by atoms with Crippen molar-refractivity contribution in [3.05, 3.63) is 29.6 Å². The van der Waals surface area contributed by atoms with E-state index >= 15 is 0 Å². The third-order valence-electron chi connectivity index (χ3n) is 2.86. The highest BCUT2D eigenvalue weighted by atomic mass is 16.5. The van der Waals surface area contributed by atoms with Crippen molar-refractivity contribution in [2.24, 2.45) is 0 Å². The molecule has 0 unspecified atom stereocenters. The van der Waals surface area contributed by atoms with Gasteiger partial charge in [-0.25, -0.2) is 4.79 Å². The summed E-state index contributed by atoms with van der Waals surface area (Å²) in [6.07, 6.45) is 3.43. The van der Waals surface area contributed by atoms with Crippen LogP contribution in [0.2, 0.25) is 0 Å². The van der Waals surface area contributed by atoms with Crippen LogP contribution in [-0.2, 0) is 11.3 Å². The molecule has 0 aromatic carbocycles. The molecule has 5 heteroatoms. The molecule has 1 fully saturated rings. The van der Waals surface area contributed by atoms with Crippen molar-refractivity contribution in [2.75, 3.05) is 13.2 Å². The van der Waals surface area contributed by atoms with Gasteiger partial charge in [0.25, 0.3) is 0 Å². The van der Waals surface area contributed by atoms with E-state index in [4.69, 9.17) is 9.84 Å². The fourth-order valence-corrected chi connectivity index (χ4v) is 1.81. The SMILES string of the molecule is O=C(O)c1ccc(CNC2CCOCC2)nc1. The van der Waals surface area contributed by atoms with E-state index < -0.39 is 5.97 Å². The lowest BCUT2D eigenvalue weighted by molar-refractivity contribution is 0.0696. The largest absolute Gasteiger partial charge is 0.478 e. The molecule has 1 aliphatic rings. The van der Waals surface area contributed by atoms with Gasteiger partial charge < -0.3 is 15.2 Å². The molecule has 5 nitrogen and oxygen atoms in total. The normalized spacial score (nSPS) is 16.9. The van der Waals surface area contributed by atoms with Crippen molar-refractivity contribution < 1.29 is 14.6 Å². The number of pyridine rings is 1. The summed E-state index contributed by atoms with van der Waals surface area (Å²) in [6.45, 7) is 2.29. The van der Waals surface area contributed by atoms with Crippen LogP contribution in [0.4, 0.5) is 0 Å². The van der Waals surface area contributed by atoms with Crippen molar-refractivity contribution in [3.63, 3.8) is 0 Å². The number of rotatable bonds is 4. The van der Waals surface area contributed by atoms with Crippen LogP contribution in [-0.4, -0.2) is 35.3 Å². The summed E-state index contributed by atoms with van der Waals surface area (Å²) in [5.41, 5.74) is 1.08. The molecule has 2 N–H and O–H groups in total. The first-order valence-corrected chi connectivity index (χ1v) is 5.75. The maximum Gasteiger partial charge on any atom is 0.337 e. The summed E-state index contributed by atoms with van der Waals surface area (Å²) >= 11 is 0. The molecule has 0 spiro atoms. The van der Waals surface area contributed by atoms with Crippen LogP contribution in [0.25, 0.3) is 0 Å². The molecule has 0 atom stereocenters. The zero-order chi connectivity index (χ0) is 12.1. The maximum atomic E-state index is 10.6. The first-order valence-electron chi connectivity index (χ1n) is 5.75. The molecule has 92 valence electrons. The zero-order valence-electron chi connectivity index (χ0n) is 9.56. The average Bonchev–Trinajstić information content (AvgIpc) is 2.38. The minimum absolute atomic E-state index is 0.222. The number of hydrogen-bond donors (Lipinski definition) is 2. The molecule has 0 amide bonds. The molecule has 1 aliphatic heterocycles. The lowest BCUT2D eigenvalue weighted by atomic mass is 10.1. The van der Waals surface area contributed by atoms with Crippen LogP contribution in [0.3, 0.4) is 0 Å². The molecule has 0 radical (unpaired) electrons. The van der Waals surface area contributed by atoms with Gasteiger partial charge in [-0.2, -0.15) is 0 Å². The van der Waals surface area contributed by atoms with Gasteiger partial charge >= 0.3 is 5.97 Å². The second kappa shape index (κ2) is 5.75. The Bertz CT molecular complexity index is 372. The number of aromatic nitrogens is 1. The van der Waals surface area contributed by atoms with Crippen molar-refractivity contribution in [3.8, 4) is 0 Å². The molecule has 0 saturated carbocycles. The first kappa shape index (κ1) is 12.0. The quantitative estimate of drug-likeness (QED) is 0.817. The van der Waals surface area contributed by atoms with Crippen molar-refractivity contribution in [1.82, 2.24) is 10.3 Å². The number of nitrogens with zero attached hydrogens (tertiary/aromatic N) is 1. The lowest BCUT2D eigenvalue weighted by Gasteiger charge is -2.22. The molecular weight excluding hydrogens is 220 g/mol. The van der Waals surface area contributed by atoms with Gasteiger partial charge in [-0.15, -0.1) is 0 Å². The summed E-state index contributed by atoms with van der Waals surface area (Å²) in [5, 5.41) is 12.1. The third-order valence-corrected chi connectivity index (χ3v) is 2.86. The van der Waals surface area contributed by atoms with Crippen LogP contribution < -0.4 is 5.32 Å². The lowest BCUT2D eigenvalue weighted by Crippen LogP contribution is -2.34. The van der Waals surface area contributed by atoms with Gasteiger partial charge in [-0.1, -0.05) is 0 Å². The van der Waals surface area contributed by atoms with E-state index in [-0.39, 0.29) is 5.56 Å². The van der Waals surface area contributed by atoms with Crippen LogP contribution in [0.1, 0.15) is 28.9 Å². The number of hydrogen-bond acceptors (Lipinski definition) is 4. The highest BCUT2D eigenvalue weighted by Gasteiger charge is 2.13. The van der Waals surface area contributed by atoms with Crippen LogP contribution >= 0.6 is 0 Å². The van der Waals surface area contributed by atoms with E-state index in [9.17, 15) is 4.79 Å². The predicted molar refractivity (Wildman–Crippen MR) is 61.9 cm³/mol.